The minimum atomic E-state index is -0.244. The summed E-state index contributed by atoms with van der Waals surface area (Å²) in [7, 11) is 1.60. The maximum absolute atomic E-state index is 12.9. The molecule has 0 saturated carbocycles. The first-order valence-electron chi connectivity index (χ1n) is 8.91. The Hall–Kier alpha value is -2.49. The van der Waals surface area contributed by atoms with Crippen LogP contribution in [-0.4, -0.2) is 12.9 Å². The van der Waals surface area contributed by atoms with Gasteiger partial charge in [-0.15, -0.1) is 0 Å². The minimum absolute atomic E-state index is 0.0267. The van der Waals surface area contributed by atoms with Gasteiger partial charge in [0.25, 0.3) is 0 Å². The topological polar surface area (TPSA) is 38.3 Å². The number of hydrogen-bond acceptors (Lipinski definition) is 3. The Labute approximate surface area is 175 Å². The largest absolute Gasteiger partial charge is 0.497 e. The molecule has 0 saturated heterocycles. The van der Waals surface area contributed by atoms with E-state index in [4.69, 9.17) is 27.9 Å². The van der Waals surface area contributed by atoms with Crippen molar-refractivity contribution in [3.63, 3.8) is 0 Å². The first-order chi connectivity index (χ1) is 13.5. The van der Waals surface area contributed by atoms with Crippen LogP contribution in [0.25, 0.3) is 0 Å². The van der Waals surface area contributed by atoms with Gasteiger partial charge in [-0.05, 0) is 66.6 Å². The number of nitrogens with one attached hydrogen (secondary N) is 1. The Bertz CT molecular complexity index is 971. The summed E-state index contributed by atoms with van der Waals surface area (Å²) in [5.74, 6) is 0.745. The quantitative estimate of drug-likeness (QED) is 0.435. The number of carbonyl (C=O) groups is 1. The van der Waals surface area contributed by atoms with E-state index in [1.54, 1.807) is 43.5 Å². The Morgan fingerprint density at radius 3 is 2.39 bits per heavy atom. The van der Waals surface area contributed by atoms with Gasteiger partial charge in [-0.3, -0.25) is 4.79 Å². The second-order valence-corrected chi connectivity index (χ2v) is 7.41. The van der Waals surface area contributed by atoms with Crippen molar-refractivity contribution >= 4 is 34.7 Å². The van der Waals surface area contributed by atoms with Crippen LogP contribution in [0.15, 0.2) is 66.7 Å². The predicted octanol–water partition coefficient (Wildman–Crippen LogP) is 6.74. The predicted molar refractivity (Wildman–Crippen MR) is 116 cm³/mol. The van der Waals surface area contributed by atoms with Crippen LogP contribution in [0.1, 0.15) is 33.9 Å². The summed E-state index contributed by atoms with van der Waals surface area (Å²) < 4.78 is 5.16. The molecule has 144 valence electrons. The standard InChI is InChI=1S/C23H21Cl2NO2/c1-15-4-3-5-18(12-15)26-22(17-8-11-20(24)21(25)13-17)14-23(27)16-6-9-19(28-2)10-7-16/h3-13,22,26H,14H2,1-2H3. The van der Waals surface area contributed by atoms with E-state index in [-0.39, 0.29) is 18.2 Å². The summed E-state index contributed by atoms with van der Waals surface area (Å²) >= 11 is 12.3. The average molecular weight is 414 g/mol. The first-order valence-corrected chi connectivity index (χ1v) is 9.67. The molecule has 1 N–H and O–H groups in total. The summed E-state index contributed by atoms with van der Waals surface area (Å²) in [6, 6.07) is 20.4. The lowest BCUT2D eigenvalue weighted by Crippen LogP contribution is -2.16. The van der Waals surface area contributed by atoms with Gasteiger partial charge in [0.2, 0.25) is 0 Å². The monoisotopic (exact) mass is 413 g/mol. The lowest BCUT2D eigenvalue weighted by atomic mass is 9.97. The zero-order chi connectivity index (χ0) is 20.1. The number of hydrogen-bond donors (Lipinski definition) is 1. The molecule has 1 unspecified atom stereocenters. The van der Waals surface area contributed by atoms with Gasteiger partial charge < -0.3 is 10.1 Å². The molecule has 0 aromatic heterocycles. The van der Waals surface area contributed by atoms with Gasteiger partial charge in [0.1, 0.15) is 5.75 Å². The molecule has 0 aliphatic rings. The van der Waals surface area contributed by atoms with Gasteiger partial charge in [0.05, 0.1) is 23.2 Å². The third-order valence-corrected chi connectivity index (χ3v) is 5.25. The highest BCUT2D eigenvalue weighted by Crippen LogP contribution is 2.30. The number of methoxy groups -OCH3 is 1. The van der Waals surface area contributed by atoms with Crippen LogP contribution >= 0.6 is 23.2 Å². The molecule has 0 aliphatic carbocycles. The number of ketones is 1. The number of Topliss-reactive ketones (excluding diaryl/α,β-unsaturated/α-hetero) is 1. The van der Waals surface area contributed by atoms with Crippen molar-refractivity contribution in [1.29, 1.82) is 0 Å². The third kappa shape index (κ3) is 5.06. The number of aryl methyl sites for hydroxylation is 1. The minimum Gasteiger partial charge on any atom is -0.497 e. The summed E-state index contributed by atoms with van der Waals surface area (Å²) in [4.78, 5) is 12.9. The van der Waals surface area contributed by atoms with Crippen LogP contribution < -0.4 is 10.1 Å². The molecule has 0 radical (unpaired) electrons. The molecule has 0 heterocycles. The number of benzene rings is 3. The van der Waals surface area contributed by atoms with E-state index in [1.165, 1.54) is 0 Å². The van der Waals surface area contributed by atoms with Gasteiger partial charge in [-0.2, -0.15) is 0 Å². The van der Waals surface area contributed by atoms with Crippen LogP contribution in [0.4, 0.5) is 5.69 Å². The third-order valence-electron chi connectivity index (χ3n) is 4.51. The smallest absolute Gasteiger partial charge is 0.165 e. The van der Waals surface area contributed by atoms with Crippen molar-refractivity contribution in [1.82, 2.24) is 0 Å². The summed E-state index contributed by atoms with van der Waals surface area (Å²) in [6.45, 7) is 2.03. The molecule has 1 atom stereocenters. The Balaban J connectivity index is 1.88. The van der Waals surface area contributed by atoms with E-state index in [1.807, 2.05) is 37.3 Å². The summed E-state index contributed by atoms with van der Waals surface area (Å²) in [5, 5.41) is 4.41. The molecule has 3 aromatic carbocycles. The number of ether oxygens (including phenoxy) is 1. The highest BCUT2D eigenvalue weighted by Gasteiger charge is 2.18. The van der Waals surface area contributed by atoms with Crippen molar-refractivity contribution in [3.8, 4) is 5.75 Å². The van der Waals surface area contributed by atoms with Gasteiger partial charge in [0.15, 0.2) is 5.78 Å². The van der Waals surface area contributed by atoms with Gasteiger partial charge in [-0.25, -0.2) is 0 Å². The van der Waals surface area contributed by atoms with E-state index >= 15 is 0 Å². The summed E-state index contributed by atoms with van der Waals surface area (Å²) in [6.07, 6.45) is 0.276. The van der Waals surface area contributed by atoms with Gasteiger partial charge in [-0.1, -0.05) is 41.4 Å². The normalized spacial score (nSPS) is 11.7. The van der Waals surface area contributed by atoms with Crippen molar-refractivity contribution in [2.24, 2.45) is 0 Å². The van der Waals surface area contributed by atoms with Crippen molar-refractivity contribution < 1.29 is 9.53 Å². The van der Waals surface area contributed by atoms with E-state index in [9.17, 15) is 4.79 Å². The fraction of sp³-hybridized carbons (Fsp3) is 0.174. The van der Waals surface area contributed by atoms with Crippen molar-refractivity contribution in [2.45, 2.75) is 19.4 Å². The molecule has 28 heavy (non-hydrogen) atoms. The lowest BCUT2D eigenvalue weighted by molar-refractivity contribution is 0.0976. The molecule has 0 aliphatic heterocycles. The Morgan fingerprint density at radius 1 is 1.00 bits per heavy atom. The molecule has 3 rings (SSSR count). The molecule has 0 spiro atoms. The number of anilines is 1. The SMILES string of the molecule is COc1ccc(C(=O)CC(Nc2cccc(C)c2)c2ccc(Cl)c(Cl)c2)cc1. The average Bonchev–Trinajstić information content (AvgIpc) is 2.69. The Morgan fingerprint density at radius 2 is 1.75 bits per heavy atom. The van der Waals surface area contributed by atoms with Crippen LogP contribution in [-0.2, 0) is 0 Å². The zero-order valence-corrected chi connectivity index (χ0v) is 17.2. The Kier molecular flexibility index (Phi) is 6.61. The summed E-state index contributed by atoms with van der Waals surface area (Å²) in [5.41, 5.74) is 3.62. The van der Waals surface area contributed by atoms with Gasteiger partial charge >= 0.3 is 0 Å². The fourth-order valence-electron chi connectivity index (χ4n) is 3.00. The molecular weight excluding hydrogens is 393 g/mol. The van der Waals surface area contributed by atoms with E-state index < -0.39 is 0 Å². The van der Waals surface area contributed by atoms with Gasteiger partial charge in [0, 0.05) is 17.7 Å². The second kappa shape index (κ2) is 9.13. The van der Waals surface area contributed by atoms with E-state index in [0.29, 0.717) is 15.6 Å². The number of carbonyl (C=O) groups excluding carboxylic acids is 1. The molecule has 0 amide bonds. The highest BCUT2D eigenvalue weighted by molar-refractivity contribution is 6.42. The highest BCUT2D eigenvalue weighted by atomic mass is 35.5. The molecule has 0 bridgehead atoms. The van der Waals surface area contributed by atoms with E-state index in [0.717, 1.165) is 22.6 Å². The van der Waals surface area contributed by atoms with Crippen LogP contribution in [0.3, 0.4) is 0 Å². The lowest BCUT2D eigenvalue weighted by Gasteiger charge is -2.21. The molecule has 3 nitrogen and oxygen atoms in total. The number of halogens is 2. The van der Waals surface area contributed by atoms with E-state index in [2.05, 4.69) is 5.32 Å². The van der Waals surface area contributed by atoms with Crippen LogP contribution in [0.5, 0.6) is 5.75 Å². The number of rotatable bonds is 7. The van der Waals surface area contributed by atoms with Crippen LogP contribution in [0.2, 0.25) is 10.0 Å². The first kappa shape index (κ1) is 20.2. The maximum Gasteiger partial charge on any atom is 0.165 e. The molecule has 3 aromatic rings. The second-order valence-electron chi connectivity index (χ2n) is 6.60. The maximum atomic E-state index is 12.9. The molecule has 0 fully saturated rings. The fourth-order valence-corrected chi connectivity index (χ4v) is 3.30. The van der Waals surface area contributed by atoms with Crippen molar-refractivity contribution in [2.75, 3.05) is 12.4 Å². The molecule has 5 heteroatoms. The van der Waals surface area contributed by atoms with Crippen LogP contribution in [0, 0.1) is 6.92 Å². The van der Waals surface area contributed by atoms with Crippen molar-refractivity contribution in [3.05, 3.63) is 93.5 Å². The zero-order valence-electron chi connectivity index (χ0n) is 15.7. The molecular formula is C23H21Cl2NO2.